The Morgan fingerprint density at radius 1 is 0.532 bits per heavy atom. The molecule has 2 aromatic rings. The van der Waals surface area contributed by atoms with Gasteiger partial charge in [-0.25, -0.2) is 13.6 Å². The lowest BCUT2D eigenvalue weighted by molar-refractivity contribution is -0.237. The molecule has 20 atom stereocenters. The molecule has 0 bridgehead atoms. The summed E-state index contributed by atoms with van der Waals surface area (Å²) in [5, 5.41) is 69.1. The van der Waals surface area contributed by atoms with Crippen molar-refractivity contribution >= 4 is 88.2 Å². The summed E-state index contributed by atoms with van der Waals surface area (Å²) in [6.07, 6.45) is 11.5. The van der Waals surface area contributed by atoms with Crippen molar-refractivity contribution in [2.45, 2.75) is 250 Å². The second-order valence-corrected chi connectivity index (χ2v) is 36.2. The van der Waals surface area contributed by atoms with Crippen molar-refractivity contribution < 1.29 is 134 Å². The predicted molar refractivity (Wildman–Crippen MR) is 431 cm³/mol. The predicted octanol–water partition coefficient (Wildman–Crippen LogP) is 8.72. The SMILES string of the molecule is C[C@@H]1C[C@H]2[C@@H]3CCC4=CC(=O)C=C[C@]4(C)[C@@]3(F)[C@@H](O)C[C@]2(C)[C@@H](C(=O)NCCCCCCCC(=O)COc2cccc3c2C(=O)N(C2CCC(=O)NC2=O)C3=O)[C@@H]1O.C[C@@H]1C[C@H]2[C@@H]3CCC4=CC(=O)C=C[C@]4(C)[C@@]3(F)[C@@H](O)C[C@]2(C)[C@@H](C(=O)O)[C@@H]1O.NCCCCCCCC(=O)COc1cccc2c1C(=O)N(C1CCC(=O)NC1=O)C2=O.O=C(O)C(F)(F)F. The summed E-state index contributed by atoms with van der Waals surface area (Å²) in [5.41, 5.74) is -0.802. The third kappa shape index (κ3) is 18.0. The molecule has 4 heterocycles. The number of carbonyl (C=O) groups excluding carboxylic acids is 13. The number of nitrogens with one attached hydrogen (secondary N) is 3. The Kier molecular flexibility index (Phi) is 28.8. The van der Waals surface area contributed by atoms with Crippen molar-refractivity contribution in [2.24, 2.45) is 74.7 Å². The van der Waals surface area contributed by atoms with Gasteiger partial charge < -0.3 is 51.2 Å². The third-order valence-electron chi connectivity index (χ3n) is 28.7. The van der Waals surface area contributed by atoms with Crippen LogP contribution in [0.2, 0.25) is 0 Å². The summed E-state index contributed by atoms with van der Waals surface area (Å²) < 4.78 is 77.5. The first kappa shape index (κ1) is 94.8. The maximum Gasteiger partial charge on any atom is 0.490 e. The number of hydrogen-bond donors (Lipinski definition) is 10. The minimum atomic E-state index is -5.08. The number of nitrogens with zero attached hydrogens (tertiary/aromatic N) is 2. The molecule has 674 valence electrons. The highest BCUT2D eigenvalue weighted by Crippen LogP contribution is 2.70. The van der Waals surface area contributed by atoms with Gasteiger partial charge in [0.15, 0.2) is 34.5 Å². The van der Waals surface area contributed by atoms with Crippen molar-refractivity contribution in [1.29, 1.82) is 0 Å². The number of unbranched alkanes of at least 4 members (excludes halogenated alkanes) is 8. The number of aliphatic hydroxyl groups excluding tert-OH is 4. The molecule has 6 saturated carbocycles. The fourth-order valence-electron chi connectivity index (χ4n) is 22.1. The quantitative estimate of drug-likeness (QED) is 0.0252. The lowest BCUT2D eigenvalue weighted by atomic mass is 9.40. The molecule has 0 spiro atoms. The average molecular weight is 1740 g/mol. The first-order valence-electron chi connectivity index (χ1n) is 42.8. The van der Waals surface area contributed by atoms with E-state index in [9.17, 15) is 106 Å². The minimum absolute atomic E-state index is 0.00409. The van der Waals surface area contributed by atoms with E-state index in [2.05, 4.69) is 16.0 Å². The number of carboxylic acids is 2. The van der Waals surface area contributed by atoms with Crippen molar-refractivity contribution in [2.75, 3.05) is 26.3 Å². The topological polar surface area (TPSA) is 464 Å². The van der Waals surface area contributed by atoms with E-state index in [1.54, 1.807) is 39.0 Å². The number of carbonyl (C=O) groups is 15. The fraction of sp³-hybridized carbons (Fsp3) is 0.611. The van der Waals surface area contributed by atoms with E-state index in [1.165, 1.54) is 54.6 Å². The van der Waals surface area contributed by atoms with Crippen LogP contribution >= 0.6 is 0 Å². The molecule has 8 fully saturated rings. The van der Waals surface area contributed by atoms with E-state index in [0.29, 0.717) is 82.0 Å². The van der Waals surface area contributed by atoms with Crippen LogP contribution in [0.25, 0.3) is 0 Å². The van der Waals surface area contributed by atoms with Gasteiger partial charge in [0.1, 0.15) is 36.8 Å². The molecular weight excluding hydrogens is 1630 g/mol. The molecule has 8 aliphatic carbocycles. The monoisotopic (exact) mass is 1740 g/mol. The lowest BCUT2D eigenvalue weighted by Crippen LogP contribution is -2.70. The van der Waals surface area contributed by atoms with E-state index in [0.717, 1.165) is 61.2 Å². The van der Waals surface area contributed by atoms with Crippen LogP contribution in [0, 0.1) is 69.0 Å². The number of nitrogens with two attached hydrogens (primary N) is 1. The van der Waals surface area contributed by atoms with Gasteiger partial charge in [0.05, 0.1) is 58.5 Å². The zero-order valence-corrected chi connectivity index (χ0v) is 70.3. The van der Waals surface area contributed by atoms with Gasteiger partial charge in [-0.05, 0) is 193 Å². The summed E-state index contributed by atoms with van der Waals surface area (Å²) in [7, 11) is 0. The maximum atomic E-state index is 17.6. The molecule has 124 heavy (non-hydrogen) atoms. The van der Waals surface area contributed by atoms with Crippen LogP contribution in [0.4, 0.5) is 22.0 Å². The molecule has 2 aromatic carbocycles. The molecule has 0 aromatic heterocycles. The van der Waals surface area contributed by atoms with Gasteiger partial charge in [0.2, 0.25) is 29.5 Å². The smallest absolute Gasteiger partial charge is 0.485 e. The standard InChI is InChI=1S/C44H54FN3O10.C22H29FO5.C22H27N3O6.C2HF3O2/c1-24-20-30-29-14-13-25-21-26(49)17-18-43(25,3)44(29,45)33(51)22-42(30,2)36(37(24)53)39(55)46-19-8-6-4-5-7-10-27(50)23-58-32-12-9-11-28-35(32)41(57)48(40(28)56)31-15-16-34(52)47-38(31)54;1-11-8-15-14-5-4-12-9-13(24)6-7-21(12,3)22(14,23)16(25)10-20(15,2)17(18(11)26)19(27)28;23-12-5-3-1-2-4-7-14(26)13-31-17-9-6-8-15-19(17)22(30)25(21(15)29)16-10-11-18(27)24-20(16)28;3-2(4,5)1(6)7/h9,11-12,17-18,21,24,29-31,33,36-37,51,53H,4-8,10,13-16,19-20,22-23H2,1-3H3,(H,46,55)(H,47,52,54);6-7,9,11,14-18,25-26H,4-5,8,10H2,1-3H3,(H,27,28);6,8-9,16H,1-5,7,10-13,23H2,(H,24,27,28);(H,6,7)/t24-,29+,30+,31?,33+,36-,37-,42+,43+,44+;11-,14+,15+,16+,17-,18-,20+,21+,22+;;/m11../s1. The summed E-state index contributed by atoms with van der Waals surface area (Å²) in [6.45, 7) is 11.5. The van der Waals surface area contributed by atoms with Crippen LogP contribution in [0.1, 0.15) is 237 Å². The Morgan fingerprint density at radius 2 is 0.919 bits per heavy atom. The molecule has 4 aliphatic heterocycles. The van der Waals surface area contributed by atoms with Crippen LogP contribution in [0.15, 0.2) is 84.0 Å². The Hall–Kier alpha value is -9.90. The highest BCUT2D eigenvalue weighted by Gasteiger charge is 2.74. The van der Waals surface area contributed by atoms with Gasteiger partial charge in [-0.15, -0.1) is 0 Å². The largest absolute Gasteiger partial charge is 0.490 e. The Morgan fingerprint density at radius 3 is 1.31 bits per heavy atom. The first-order chi connectivity index (χ1) is 58.4. The number of amides is 9. The molecule has 9 amide bonds. The number of Topliss-reactive ketones (excluding diaryl/α,β-unsaturated/α-hetero) is 2. The second-order valence-electron chi connectivity index (χ2n) is 36.2. The average Bonchev–Trinajstić information content (AvgIpc) is 0.844. The number of hydrogen-bond acceptors (Lipinski definition) is 22. The van der Waals surface area contributed by atoms with Gasteiger partial charge in [-0.1, -0.05) is 102 Å². The van der Waals surface area contributed by atoms with E-state index >= 15 is 8.78 Å². The number of rotatable bonds is 25. The maximum absolute atomic E-state index is 17.6. The number of alkyl halides is 5. The molecule has 12 aliphatic rings. The van der Waals surface area contributed by atoms with Crippen LogP contribution in [0.5, 0.6) is 11.5 Å². The summed E-state index contributed by atoms with van der Waals surface area (Å²) >= 11 is 0. The number of benzene rings is 2. The highest BCUT2D eigenvalue weighted by molar-refractivity contribution is 6.25. The number of allylic oxidation sites excluding steroid dienone is 8. The Balaban J connectivity index is 0.000000190. The summed E-state index contributed by atoms with van der Waals surface area (Å²) in [4.78, 5) is 185. The molecule has 0 radical (unpaired) electrons. The summed E-state index contributed by atoms with van der Waals surface area (Å²) in [5.74, 6) is -13.4. The number of ketones is 4. The lowest BCUT2D eigenvalue weighted by Gasteiger charge is -2.66. The van der Waals surface area contributed by atoms with Gasteiger partial charge >= 0.3 is 18.1 Å². The van der Waals surface area contributed by atoms with E-state index in [1.807, 2.05) is 20.8 Å². The summed E-state index contributed by atoms with van der Waals surface area (Å²) in [6, 6.07) is 6.91. The van der Waals surface area contributed by atoms with Crippen LogP contribution in [-0.2, 0) is 52.7 Å². The molecule has 11 N–H and O–H groups in total. The normalized spacial score (nSPS) is 33.7. The molecule has 29 nitrogen and oxygen atoms in total. The number of aliphatic hydroxyl groups is 4. The Labute approximate surface area is 713 Å². The second kappa shape index (κ2) is 37.7. The number of aliphatic carboxylic acids is 2. The molecule has 2 saturated heterocycles. The van der Waals surface area contributed by atoms with Crippen molar-refractivity contribution in [1.82, 2.24) is 25.8 Å². The fourth-order valence-corrected chi connectivity index (χ4v) is 22.1. The molecule has 34 heteroatoms. The van der Waals surface area contributed by atoms with Gasteiger partial charge in [-0.2, -0.15) is 13.2 Å². The highest BCUT2D eigenvalue weighted by atomic mass is 19.4. The number of fused-ring (bicyclic) bond motifs is 12. The van der Waals surface area contributed by atoms with Crippen LogP contribution in [-0.4, -0.2) is 209 Å². The van der Waals surface area contributed by atoms with Crippen molar-refractivity contribution in [3.8, 4) is 11.5 Å². The zero-order valence-electron chi connectivity index (χ0n) is 70.3. The van der Waals surface area contributed by atoms with Gasteiger partial charge in [0.25, 0.3) is 23.6 Å². The third-order valence-corrected chi connectivity index (χ3v) is 28.7. The molecule has 14 rings (SSSR count). The van der Waals surface area contributed by atoms with E-state index < -0.39 is 159 Å². The molecule has 2 unspecified atom stereocenters. The number of carboxylic acid groups (broad SMARTS) is 2. The number of piperidine rings is 2. The van der Waals surface area contributed by atoms with Crippen LogP contribution < -0.4 is 31.2 Å². The zero-order chi connectivity index (χ0) is 90.8. The number of halogens is 5. The van der Waals surface area contributed by atoms with Gasteiger partial charge in [0, 0.05) is 54.9 Å². The first-order valence-corrected chi connectivity index (χ1v) is 42.8. The van der Waals surface area contributed by atoms with Crippen molar-refractivity contribution in [3.63, 3.8) is 0 Å². The number of ether oxygens (including phenoxy) is 2. The van der Waals surface area contributed by atoms with Crippen LogP contribution in [0.3, 0.4) is 0 Å². The van der Waals surface area contributed by atoms with Crippen molar-refractivity contribution in [3.05, 3.63) is 106 Å². The van der Waals surface area contributed by atoms with E-state index in [-0.39, 0.29) is 145 Å². The van der Waals surface area contributed by atoms with Gasteiger partial charge in [-0.3, -0.25) is 87.6 Å². The Bertz CT molecular complexity index is 4740. The van der Waals surface area contributed by atoms with E-state index in [4.69, 9.17) is 25.1 Å². The minimum Gasteiger partial charge on any atom is -0.485 e. The molecular formula is C90H111F5N6O23. The number of imide groups is 4.